The van der Waals surface area contributed by atoms with Crippen LogP contribution in [0.1, 0.15) is 40.0 Å². The fraction of sp³-hybridized carbons (Fsp3) is 0.833. The zero-order valence-electron chi connectivity index (χ0n) is 10.2. The molecule has 3 fully saturated rings. The molecule has 2 bridgehead atoms. The molecule has 4 heteroatoms. The van der Waals surface area contributed by atoms with Crippen molar-refractivity contribution in [1.29, 1.82) is 0 Å². The number of hydrogen-bond acceptors (Lipinski definition) is 3. The quantitative estimate of drug-likeness (QED) is 0.633. The van der Waals surface area contributed by atoms with Gasteiger partial charge in [0.05, 0.1) is 6.04 Å². The molecule has 3 aliphatic rings. The van der Waals surface area contributed by atoms with Crippen molar-refractivity contribution in [3.63, 3.8) is 0 Å². The molecule has 2 atom stereocenters. The minimum Gasteiger partial charge on any atom is -0.444 e. The molecule has 4 nitrogen and oxygen atoms in total. The lowest BCUT2D eigenvalue weighted by Crippen LogP contribution is -2.56. The second-order valence-electron chi connectivity index (χ2n) is 5.76. The van der Waals surface area contributed by atoms with E-state index in [9.17, 15) is 9.59 Å². The van der Waals surface area contributed by atoms with E-state index in [2.05, 4.69) is 0 Å². The van der Waals surface area contributed by atoms with Gasteiger partial charge in [-0.05, 0) is 39.5 Å². The van der Waals surface area contributed by atoms with Crippen LogP contribution in [-0.2, 0) is 9.53 Å². The van der Waals surface area contributed by atoms with Gasteiger partial charge in [-0.2, -0.15) is 0 Å². The van der Waals surface area contributed by atoms with Crippen LogP contribution in [0.15, 0.2) is 0 Å². The van der Waals surface area contributed by atoms with E-state index < -0.39 is 5.60 Å². The minimum atomic E-state index is -0.489. The van der Waals surface area contributed by atoms with Gasteiger partial charge in [0, 0.05) is 13.0 Å². The first-order valence-corrected chi connectivity index (χ1v) is 5.89. The fourth-order valence-electron chi connectivity index (χ4n) is 2.49. The maximum atomic E-state index is 11.9. The summed E-state index contributed by atoms with van der Waals surface area (Å²) in [6, 6.07) is -0.222. The molecule has 1 saturated carbocycles. The summed E-state index contributed by atoms with van der Waals surface area (Å²) in [5.41, 5.74) is -0.489. The van der Waals surface area contributed by atoms with Gasteiger partial charge in [0.2, 0.25) is 0 Å². The van der Waals surface area contributed by atoms with Gasteiger partial charge in [-0.15, -0.1) is 0 Å². The summed E-state index contributed by atoms with van der Waals surface area (Å²) in [6.07, 6.45) is 2.18. The van der Waals surface area contributed by atoms with Crippen molar-refractivity contribution in [3.05, 3.63) is 0 Å². The molecule has 90 valence electrons. The highest BCUT2D eigenvalue weighted by Gasteiger charge is 2.43. The van der Waals surface area contributed by atoms with Gasteiger partial charge < -0.3 is 4.74 Å². The highest BCUT2D eigenvalue weighted by molar-refractivity contribution is 5.89. The Labute approximate surface area is 95.9 Å². The SMILES string of the molecule is CC(C)(C)OC(=O)N1C[C@@H]2CC[C@@H]1C(=O)C2. The van der Waals surface area contributed by atoms with Crippen LogP contribution in [-0.4, -0.2) is 35.0 Å². The Kier molecular flexibility index (Phi) is 2.68. The second kappa shape index (κ2) is 3.75. The predicted molar refractivity (Wildman–Crippen MR) is 59.1 cm³/mol. The minimum absolute atomic E-state index is 0.202. The number of rotatable bonds is 0. The molecule has 0 aromatic carbocycles. The monoisotopic (exact) mass is 225 g/mol. The highest BCUT2D eigenvalue weighted by atomic mass is 16.6. The van der Waals surface area contributed by atoms with Crippen LogP contribution < -0.4 is 0 Å². The number of piperidine rings is 2. The van der Waals surface area contributed by atoms with Crippen molar-refractivity contribution >= 4 is 11.9 Å². The van der Waals surface area contributed by atoms with Crippen LogP contribution in [0.5, 0.6) is 0 Å². The Balaban J connectivity index is 2.05. The Bertz CT molecular complexity index is 319. The summed E-state index contributed by atoms with van der Waals surface area (Å²) in [5, 5.41) is 0. The van der Waals surface area contributed by atoms with E-state index in [-0.39, 0.29) is 17.9 Å². The molecule has 1 amide bonds. The first-order valence-electron chi connectivity index (χ1n) is 5.89. The highest BCUT2D eigenvalue weighted by Crippen LogP contribution is 2.33. The van der Waals surface area contributed by atoms with Crippen LogP contribution in [0.4, 0.5) is 4.79 Å². The van der Waals surface area contributed by atoms with Crippen LogP contribution in [0.2, 0.25) is 0 Å². The summed E-state index contributed by atoms with van der Waals surface area (Å²) >= 11 is 0. The molecule has 0 aromatic rings. The summed E-state index contributed by atoms with van der Waals surface area (Å²) in [6.45, 7) is 6.21. The lowest BCUT2D eigenvalue weighted by Gasteiger charge is -2.44. The number of carbonyl (C=O) groups is 2. The molecular weight excluding hydrogens is 206 g/mol. The molecule has 1 aliphatic carbocycles. The summed E-state index contributed by atoms with van der Waals surface area (Å²) in [7, 11) is 0. The first-order chi connectivity index (χ1) is 7.37. The number of hydrogen-bond donors (Lipinski definition) is 0. The largest absolute Gasteiger partial charge is 0.444 e. The average molecular weight is 225 g/mol. The van der Waals surface area contributed by atoms with E-state index in [1.54, 1.807) is 4.90 Å². The standard InChI is InChI=1S/C12H19NO3/c1-12(2,3)16-11(15)13-7-8-4-5-9(13)10(14)6-8/h8-9H,4-7H2,1-3H3/t8-,9-/m1/s1. The third kappa shape index (κ3) is 2.20. The van der Waals surface area contributed by atoms with Gasteiger partial charge in [0.1, 0.15) is 5.60 Å². The number of Topliss-reactive ketones (excluding diaryl/α,β-unsaturated/α-hetero) is 1. The zero-order valence-corrected chi connectivity index (χ0v) is 10.2. The van der Waals surface area contributed by atoms with E-state index in [0.717, 1.165) is 12.8 Å². The van der Waals surface area contributed by atoms with E-state index in [0.29, 0.717) is 18.9 Å². The number of ether oxygens (including phenoxy) is 1. The zero-order chi connectivity index (χ0) is 11.9. The molecule has 16 heavy (non-hydrogen) atoms. The van der Waals surface area contributed by atoms with Crippen molar-refractivity contribution in [2.75, 3.05) is 6.54 Å². The van der Waals surface area contributed by atoms with Gasteiger partial charge >= 0.3 is 6.09 Å². The number of ketones is 1. The van der Waals surface area contributed by atoms with Crippen LogP contribution in [0.25, 0.3) is 0 Å². The molecule has 2 heterocycles. The molecule has 0 radical (unpaired) electrons. The molecule has 0 N–H and O–H groups in total. The van der Waals surface area contributed by atoms with Crippen molar-refractivity contribution in [1.82, 2.24) is 4.90 Å². The molecule has 0 unspecified atom stereocenters. The summed E-state index contributed by atoms with van der Waals surface area (Å²) in [4.78, 5) is 25.2. The maximum absolute atomic E-state index is 11.9. The number of fused-ring (bicyclic) bond motifs is 3. The lowest BCUT2D eigenvalue weighted by molar-refractivity contribution is -0.132. The normalized spacial score (nSPS) is 29.4. The van der Waals surface area contributed by atoms with Crippen molar-refractivity contribution in [2.24, 2.45) is 5.92 Å². The third-order valence-corrected chi connectivity index (χ3v) is 3.17. The van der Waals surface area contributed by atoms with E-state index in [1.807, 2.05) is 20.8 Å². The Morgan fingerprint density at radius 2 is 2.06 bits per heavy atom. The van der Waals surface area contributed by atoms with Crippen LogP contribution >= 0.6 is 0 Å². The van der Waals surface area contributed by atoms with E-state index in [4.69, 9.17) is 4.74 Å². The molecule has 2 aliphatic heterocycles. The Hall–Kier alpha value is -1.06. The van der Waals surface area contributed by atoms with Crippen LogP contribution in [0.3, 0.4) is 0 Å². The van der Waals surface area contributed by atoms with Crippen LogP contribution in [0, 0.1) is 5.92 Å². The Morgan fingerprint density at radius 1 is 1.38 bits per heavy atom. The smallest absolute Gasteiger partial charge is 0.410 e. The van der Waals surface area contributed by atoms with Gasteiger partial charge in [-0.3, -0.25) is 9.69 Å². The van der Waals surface area contributed by atoms with Crippen molar-refractivity contribution in [3.8, 4) is 0 Å². The molecule has 0 aromatic heterocycles. The number of carbonyl (C=O) groups excluding carboxylic acids is 2. The summed E-state index contributed by atoms with van der Waals surface area (Å²) in [5.74, 6) is 0.554. The van der Waals surface area contributed by atoms with Gasteiger partial charge in [0.25, 0.3) is 0 Å². The van der Waals surface area contributed by atoms with Crippen molar-refractivity contribution < 1.29 is 14.3 Å². The van der Waals surface area contributed by atoms with Gasteiger partial charge in [-0.1, -0.05) is 0 Å². The Morgan fingerprint density at radius 3 is 2.56 bits per heavy atom. The second-order valence-corrected chi connectivity index (χ2v) is 5.76. The topological polar surface area (TPSA) is 46.6 Å². The predicted octanol–water partition coefficient (Wildman–Crippen LogP) is 1.97. The van der Waals surface area contributed by atoms with Crippen molar-refractivity contribution in [2.45, 2.75) is 51.7 Å². The lowest BCUT2D eigenvalue weighted by atomic mass is 9.79. The van der Waals surface area contributed by atoms with Gasteiger partial charge in [0.15, 0.2) is 5.78 Å². The van der Waals surface area contributed by atoms with E-state index in [1.165, 1.54) is 0 Å². The molecule has 0 spiro atoms. The maximum Gasteiger partial charge on any atom is 0.410 e. The number of amides is 1. The van der Waals surface area contributed by atoms with E-state index >= 15 is 0 Å². The molecule has 2 saturated heterocycles. The number of nitrogens with zero attached hydrogens (tertiary/aromatic N) is 1. The average Bonchev–Trinajstić information content (AvgIpc) is 2.15. The summed E-state index contributed by atoms with van der Waals surface area (Å²) < 4.78 is 5.31. The molecule has 3 rings (SSSR count). The first kappa shape index (κ1) is 11.4. The van der Waals surface area contributed by atoms with Gasteiger partial charge in [-0.25, -0.2) is 4.79 Å². The third-order valence-electron chi connectivity index (χ3n) is 3.17. The molecular formula is C12H19NO3. The fourth-order valence-corrected chi connectivity index (χ4v) is 2.49.